The molecule has 1 heterocycles. The van der Waals surface area contributed by atoms with Gasteiger partial charge in [-0.2, -0.15) is 0 Å². The van der Waals surface area contributed by atoms with Gasteiger partial charge < -0.3 is 0 Å². The van der Waals surface area contributed by atoms with E-state index in [0.717, 1.165) is 17.8 Å². The summed E-state index contributed by atoms with van der Waals surface area (Å²) in [5.41, 5.74) is 3.13. The fourth-order valence-corrected chi connectivity index (χ4v) is 4.46. The third-order valence-electron chi connectivity index (χ3n) is 5.28. The molecule has 0 saturated heterocycles. The van der Waals surface area contributed by atoms with Crippen LogP contribution in [0.15, 0.2) is 24.3 Å². The lowest BCUT2D eigenvalue weighted by atomic mass is 9.88. The smallest absolute Gasteiger partial charge is 0.0240 e. The molecule has 2 aliphatic carbocycles. The topological polar surface area (TPSA) is 3.24 Å². The zero-order valence-electron chi connectivity index (χ0n) is 10.4. The van der Waals surface area contributed by atoms with Gasteiger partial charge in [-0.1, -0.05) is 30.7 Å². The average molecular weight is 227 g/mol. The maximum Gasteiger partial charge on any atom is 0.0240 e. The van der Waals surface area contributed by atoms with E-state index in [0.29, 0.717) is 0 Å². The first kappa shape index (κ1) is 10.1. The molecule has 1 nitrogen and oxygen atoms in total. The standard InChI is InChI=1S/C16H21N/c1-2-4-15-10-17(9-14(15)3-1)11-16-8-12-5-6-13(16)7-12/h1-4,12-13,16H,5-11H2. The lowest BCUT2D eigenvalue weighted by Crippen LogP contribution is -2.27. The molecule has 17 heavy (non-hydrogen) atoms. The van der Waals surface area contributed by atoms with Crippen molar-refractivity contribution in [2.45, 2.75) is 38.8 Å². The normalized spacial score (nSPS) is 35.4. The molecule has 1 heteroatoms. The van der Waals surface area contributed by atoms with Gasteiger partial charge in [0, 0.05) is 19.6 Å². The zero-order chi connectivity index (χ0) is 11.2. The first-order valence-corrected chi connectivity index (χ1v) is 7.17. The van der Waals surface area contributed by atoms with Crippen molar-refractivity contribution < 1.29 is 0 Å². The van der Waals surface area contributed by atoms with Gasteiger partial charge in [-0.05, 0) is 48.1 Å². The highest BCUT2D eigenvalue weighted by atomic mass is 15.1. The molecule has 90 valence electrons. The highest BCUT2D eigenvalue weighted by Gasteiger charge is 2.40. The van der Waals surface area contributed by atoms with Crippen molar-refractivity contribution in [3.8, 4) is 0 Å². The van der Waals surface area contributed by atoms with Crippen LogP contribution in [-0.4, -0.2) is 11.4 Å². The Balaban J connectivity index is 1.43. The van der Waals surface area contributed by atoms with Crippen molar-refractivity contribution in [2.24, 2.45) is 17.8 Å². The highest BCUT2D eigenvalue weighted by molar-refractivity contribution is 5.30. The molecule has 1 aromatic rings. The Kier molecular flexibility index (Phi) is 2.29. The van der Waals surface area contributed by atoms with E-state index in [4.69, 9.17) is 0 Å². The molecule has 2 bridgehead atoms. The monoisotopic (exact) mass is 227 g/mol. The third kappa shape index (κ3) is 1.72. The summed E-state index contributed by atoms with van der Waals surface area (Å²) in [6.45, 7) is 3.75. The Labute approximate surface area is 104 Å². The van der Waals surface area contributed by atoms with Crippen LogP contribution in [0.3, 0.4) is 0 Å². The number of nitrogens with zero attached hydrogens (tertiary/aromatic N) is 1. The van der Waals surface area contributed by atoms with Crippen molar-refractivity contribution in [3.05, 3.63) is 35.4 Å². The number of benzene rings is 1. The summed E-state index contributed by atoms with van der Waals surface area (Å²) < 4.78 is 0. The van der Waals surface area contributed by atoms with Gasteiger partial charge in [0.25, 0.3) is 0 Å². The number of hydrogen-bond acceptors (Lipinski definition) is 1. The molecule has 0 aromatic heterocycles. The summed E-state index contributed by atoms with van der Waals surface area (Å²) in [5, 5.41) is 0. The number of rotatable bonds is 2. The van der Waals surface area contributed by atoms with E-state index in [1.807, 2.05) is 0 Å². The SMILES string of the molecule is c1ccc2c(c1)CN(CC1CC3CCC1C3)C2. The van der Waals surface area contributed by atoms with E-state index in [2.05, 4.69) is 29.2 Å². The van der Waals surface area contributed by atoms with Gasteiger partial charge in [-0.15, -0.1) is 0 Å². The fourth-order valence-electron chi connectivity index (χ4n) is 4.46. The summed E-state index contributed by atoms with van der Waals surface area (Å²) in [6.07, 6.45) is 6.13. The third-order valence-corrected chi connectivity index (χ3v) is 5.28. The van der Waals surface area contributed by atoms with E-state index in [1.165, 1.54) is 38.9 Å². The summed E-state index contributed by atoms with van der Waals surface area (Å²) in [6, 6.07) is 8.96. The van der Waals surface area contributed by atoms with Crippen molar-refractivity contribution in [1.82, 2.24) is 4.90 Å². The van der Waals surface area contributed by atoms with Crippen LogP contribution in [0.2, 0.25) is 0 Å². The van der Waals surface area contributed by atoms with Crippen molar-refractivity contribution in [3.63, 3.8) is 0 Å². The molecule has 1 aliphatic heterocycles. The highest BCUT2D eigenvalue weighted by Crippen LogP contribution is 2.48. The molecular formula is C16H21N. The largest absolute Gasteiger partial charge is 0.295 e. The summed E-state index contributed by atoms with van der Waals surface area (Å²) in [5.74, 6) is 3.18. The molecular weight excluding hydrogens is 206 g/mol. The van der Waals surface area contributed by atoms with Crippen molar-refractivity contribution in [1.29, 1.82) is 0 Å². The molecule has 0 N–H and O–H groups in total. The van der Waals surface area contributed by atoms with Crippen LogP contribution in [0.4, 0.5) is 0 Å². The van der Waals surface area contributed by atoms with E-state index in [9.17, 15) is 0 Å². The molecule has 2 saturated carbocycles. The summed E-state index contributed by atoms with van der Waals surface area (Å²) in [4.78, 5) is 2.68. The second-order valence-corrected chi connectivity index (χ2v) is 6.37. The molecule has 3 unspecified atom stereocenters. The maximum atomic E-state index is 2.68. The molecule has 0 spiro atoms. The van der Waals surface area contributed by atoms with Crippen LogP contribution < -0.4 is 0 Å². The van der Waals surface area contributed by atoms with Gasteiger partial charge in [-0.25, -0.2) is 0 Å². The molecule has 0 radical (unpaired) electrons. The van der Waals surface area contributed by atoms with Gasteiger partial charge in [0.05, 0.1) is 0 Å². The van der Waals surface area contributed by atoms with Crippen LogP contribution in [0, 0.1) is 17.8 Å². The average Bonchev–Trinajstić information content (AvgIpc) is 3.01. The van der Waals surface area contributed by atoms with Crippen LogP contribution in [0.5, 0.6) is 0 Å². The lowest BCUT2D eigenvalue weighted by molar-refractivity contribution is 0.191. The van der Waals surface area contributed by atoms with Gasteiger partial charge in [0.2, 0.25) is 0 Å². The molecule has 3 aliphatic rings. The van der Waals surface area contributed by atoms with Crippen LogP contribution in [-0.2, 0) is 13.1 Å². The Morgan fingerprint density at radius 2 is 1.76 bits per heavy atom. The molecule has 1 aromatic carbocycles. The van der Waals surface area contributed by atoms with E-state index >= 15 is 0 Å². The zero-order valence-corrected chi connectivity index (χ0v) is 10.4. The number of hydrogen-bond donors (Lipinski definition) is 0. The second-order valence-electron chi connectivity index (χ2n) is 6.37. The Hall–Kier alpha value is -0.820. The molecule has 2 fully saturated rings. The Bertz CT molecular complexity index is 400. The molecule has 4 rings (SSSR count). The fraction of sp³-hybridized carbons (Fsp3) is 0.625. The van der Waals surface area contributed by atoms with Crippen LogP contribution in [0.1, 0.15) is 36.8 Å². The Morgan fingerprint density at radius 1 is 1.00 bits per heavy atom. The first-order chi connectivity index (χ1) is 8.38. The van der Waals surface area contributed by atoms with E-state index in [-0.39, 0.29) is 0 Å². The minimum absolute atomic E-state index is 1.02. The second kappa shape index (κ2) is 3.84. The summed E-state index contributed by atoms with van der Waals surface area (Å²) >= 11 is 0. The summed E-state index contributed by atoms with van der Waals surface area (Å²) in [7, 11) is 0. The van der Waals surface area contributed by atoms with Crippen molar-refractivity contribution >= 4 is 0 Å². The number of fused-ring (bicyclic) bond motifs is 3. The van der Waals surface area contributed by atoms with E-state index in [1.54, 1.807) is 17.5 Å². The van der Waals surface area contributed by atoms with Gasteiger partial charge >= 0.3 is 0 Å². The van der Waals surface area contributed by atoms with Crippen molar-refractivity contribution in [2.75, 3.05) is 6.54 Å². The minimum Gasteiger partial charge on any atom is -0.295 e. The lowest BCUT2D eigenvalue weighted by Gasteiger charge is -2.26. The molecule has 3 atom stereocenters. The van der Waals surface area contributed by atoms with Crippen LogP contribution >= 0.6 is 0 Å². The first-order valence-electron chi connectivity index (χ1n) is 7.17. The minimum atomic E-state index is 1.02. The predicted octanol–water partition coefficient (Wildman–Crippen LogP) is 3.44. The molecule has 0 amide bonds. The van der Waals surface area contributed by atoms with Gasteiger partial charge in [-0.3, -0.25) is 4.90 Å². The van der Waals surface area contributed by atoms with Gasteiger partial charge in [0.1, 0.15) is 0 Å². The quantitative estimate of drug-likeness (QED) is 0.748. The Morgan fingerprint density at radius 3 is 2.35 bits per heavy atom. The van der Waals surface area contributed by atoms with Crippen LogP contribution in [0.25, 0.3) is 0 Å². The maximum absolute atomic E-state index is 2.68. The van der Waals surface area contributed by atoms with E-state index < -0.39 is 0 Å². The predicted molar refractivity (Wildman–Crippen MR) is 69.5 cm³/mol. The van der Waals surface area contributed by atoms with Gasteiger partial charge in [0.15, 0.2) is 0 Å².